The molecule has 0 saturated carbocycles. The molecule has 0 N–H and O–H groups in total. The Labute approximate surface area is 173 Å². The van der Waals surface area contributed by atoms with Crippen LogP contribution in [-0.2, 0) is 11.3 Å². The Morgan fingerprint density at radius 1 is 0.967 bits per heavy atom. The molecule has 0 atom stereocenters. The van der Waals surface area contributed by atoms with E-state index in [0.717, 1.165) is 22.1 Å². The first-order chi connectivity index (χ1) is 14.4. The molecule has 0 saturated heterocycles. The maximum atomic E-state index is 12.5. The molecule has 0 heterocycles. The monoisotopic (exact) mass is 410 g/mol. The number of ether oxygens (including phenoxy) is 3. The first-order valence-corrected chi connectivity index (χ1v) is 9.17. The summed E-state index contributed by atoms with van der Waals surface area (Å²) < 4.78 is 15.6. The SMILES string of the molecule is COc1ccc(OCC(=O)N(C)Cc2ccc3cc(OC)ccc3c2)c([N+](=O)[O-])c1. The van der Waals surface area contributed by atoms with E-state index in [1.54, 1.807) is 20.2 Å². The zero-order chi connectivity index (χ0) is 21.7. The molecule has 3 aromatic carbocycles. The molecule has 0 fully saturated rings. The van der Waals surface area contributed by atoms with Crippen molar-refractivity contribution in [3.8, 4) is 17.2 Å². The summed E-state index contributed by atoms with van der Waals surface area (Å²) >= 11 is 0. The zero-order valence-corrected chi connectivity index (χ0v) is 17.0. The van der Waals surface area contributed by atoms with Crippen molar-refractivity contribution in [1.82, 2.24) is 4.90 Å². The average molecular weight is 410 g/mol. The van der Waals surface area contributed by atoms with Gasteiger partial charge in [0.05, 0.1) is 25.2 Å². The van der Waals surface area contributed by atoms with Gasteiger partial charge in [0, 0.05) is 13.6 Å². The first kappa shape index (κ1) is 20.9. The van der Waals surface area contributed by atoms with Gasteiger partial charge in [-0.2, -0.15) is 0 Å². The summed E-state index contributed by atoms with van der Waals surface area (Å²) in [6.07, 6.45) is 0. The van der Waals surface area contributed by atoms with Crippen molar-refractivity contribution in [2.45, 2.75) is 6.54 Å². The Hall–Kier alpha value is -3.81. The van der Waals surface area contributed by atoms with Gasteiger partial charge in [0.15, 0.2) is 12.4 Å². The second-order valence-corrected chi connectivity index (χ2v) is 6.68. The highest BCUT2D eigenvalue weighted by Crippen LogP contribution is 2.31. The number of nitro groups is 1. The molecule has 0 unspecified atom stereocenters. The third-order valence-electron chi connectivity index (χ3n) is 4.67. The summed E-state index contributed by atoms with van der Waals surface area (Å²) in [5.41, 5.74) is 0.703. The lowest BCUT2D eigenvalue weighted by atomic mass is 10.1. The molecule has 0 radical (unpaired) electrons. The summed E-state index contributed by atoms with van der Waals surface area (Å²) in [4.78, 5) is 24.6. The van der Waals surface area contributed by atoms with E-state index >= 15 is 0 Å². The Bertz CT molecular complexity index is 1080. The standard InChI is InChI=1S/C22H22N2O6/c1-23(13-15-4-5-17-11-18(28-2)7-6-16(17)10-15)22(25)14-30-21-9-8-19(29-3)12-20(21)24(26)27/h4-12H,13-14H2,1-3H3. The van der Waals surface area contributed by atoms with E-state index in [-0.39, 0.29) is 24.0 Å². The molecule has 0 spiro atoms. The third kappa shape index (κ3) is 4.78. The Balaban J connectivity index is 1.65. The number of likely N-dealkylation sites (N-methyl/N-ethyl adjacent to an activating group) is 1. The van der Waals surface area contributed by atoms with Gasteiger partial charge in [-0.1, -0.05) is 18.2 Å². The number of hydrogen-bond acceptors (Lipinski definition) is 6. The molecule has 1 amide bonds. The van der Waals surface area contributed by atoms with E-state index in [1.807, 2.05) is 36.4 Å². The molecule has 8 nitrogen and oxygen atoms in total. The molecule has 30 heavy (non-hydrogen) atoms. The van der Waals surface area contributed by atoms with Gasteiger partial charge in [-0.25, -0.2) is 0 Å². The van der Waals surface area contributed by atoms with Crippen LogP contribution in [0.25, 0.3) is 10.8 Å². The van der Waals surface area contributed by atoms with Crippen LogP contribution < -0.4 is 14.2 Å². The second kappa shape index (κ2) is 9.13. The van der Waals surface area contributed by atoms with Crippen LogP contribution in [-0.4, -0.2) is 43.6 Å². The molecule has 0 aliphatic rings. The third-order valence-corrected chi connectivity index (χ3v) is 4.67. The van der Waals surface area contributed by atoms with E-state index < -0.39 is 4.92 Å². The summed E-state index contributed by atoms with van der Waals surface area (Å²) in [5, 5.41) is 13.3. The van der Waals surface area contributed by atoms with Gasteiger partial charge in [0.2, 0.25) is 0 Å². The van der Waals surface area contributed by atoms with Crippen molar-refractivity contribution >= 4 is 22.4 Å². The fraction of sp³-hybridized carbons (Fsp3) is 0.227. The maximum absolute atomic E-state index is 12.5. The van der Waals surface area contributed by atoms with Gasteiger partial charge < -0.3 is 19.1 Å². The van der Waals surface area contributed by atoms with Crippen LogP contribution in [0.15, 0.2) is 54.6 Å². The normalized spacial score (nSPS) is 10.5. The van der Waals surface area contributed by atoms with Crippen LogP contribution in [0.1, 0.15) is 5.56 Å². The van der Waals surface area contributed by atoms with Crippen molar-refractivity contribution in [2.24, 2.45) is 0 Å². The molecule has 3 rings (SSSR count). The largest absolute Gasteiger partial charge is 0.497 e. The van der Waals surface area contributed by atoms with E-state index in [1.165, 1.54) is 24.1 Å². The fourth-order valence-electron chi connectivity index (χ4n) is 3.00. The van der Waals surface area contributed by atoms with Crippen molar-refractivity contribution in [3.05, 3.63) is 70.3 Å². The summed E-state index contributed by atoms with van der Waals surface area (Å²) in [5.74, 6) is 0.843. The van der Waals surface area contributed by atoms with E-state index in [4.69, 9.17) is 14.2 Å². The average Bonchev–Trinajstić information content (AvgIpc) is 2.76. The number of hydrogen-bond donors (Lipinski definition) is 0. The predicted octanol–water partition coefficient (Wildman–Crippen LogP) is 3.80. The lowest BCUT2D eigenvalue weighted by Gasteiger charge is -2.18. The highest BCUT2D eigenvalue weighted by atomic mass is 16.6. The maximum Gasteiger partial charge on any atom is 0.314 e. The lowest BCUT2D eigenvalue weighted by Crippen LogP contribution is -2.31. The summed E-state index contributed by atoms with van der Waals surface area (Å²) in [7, 11) is 4.70. The Morgan fingerprint density at radius 3 is 2.30 bits per heavy atom. The van der Waals surface area contributed by atoms with Crippen LogP contribution in [0, 0.1) is 10.1 Å². The van der Waals surface area contributed by atoms with Crippen LogP contribution in [0.4, 0.5) is 5.69 Å². The first-order valence-electron chi connectivity index (χ1n) is 9.17. The molecular weight excluding hydrogens is 388 g/mol. The molecule has 8 heteroatoms. The number of benzene rings is 3. The van der Waals surface area contributed by atoms with Crippen LogP contribution in [0.2, 0.25) is 0 Å². The van der Waals surface area contributed by atoms with E-state index in [2.05, 4.69) is 0 Å². The van der Waals surface area contributed by atoms with Crippen molar-refractivity contribution in [3.63, 3.8) is 0 Å². The van der Waals surface area contributed by atoms with Crippen molar-refractivity contribution in [1.29, 1.82) is 0 Å². The van der Waals surface area contributed by atoms with Gasteiger partial charge in [-0.05, 0) is 46.7 Å². The molecule has 156 valence electrons. The molecule has 0 aromatic heterocycles. The number of carbonyl (C=O) groups is 1. The lowest BCUT2D eigenvalue weighted by molar-refractivity contribution is -0.385. The second-order valence-electron chi connectivity index (χ2n) is 6.68. The Kier molecular flexibility index (Phi) is 6.36. The quantitative estimate of drug-likeness (QED) is 0.414. The van der Waals surface area contributed by atoms with E-state index in [9.17, 15) is 14.9 Å². The predicted molar refractivity (Wildman–Crippen MR) is 112 cm³/mol. The van der Waals surface area contributed by atoms with Crippen molar-refractivity contribution in [2.75, 3.05) is 27.9 Å². The van der Waals surface area contributed by atoms with Crippen LogP contribution in [0.3, 0.4) is 0 Å². The number of methoxy groups -OCH3 is 2. The van der Waals surface area contributed by atoms with Crippen LogP contribution >= 0.6 is 0 Å². The van der Waals surface area contributed by atoms with Gasteiger partial charge in [-0.3, -0.25) is 14.9 Å². The topological polar surface area (TPSA) is 91.1 Å². The number of carbonyl (C=O) groups excluding carboxylic acids is 1. The number of rotatable bonds is 8. The summed E-state index contributed by atoms with van der Waals surface area (Å²) in [6.45, 7) is 0.0727. The number of nitrogens with zero attached hydrogens (tertiary/aromatic N) is 2. The minimum atomic E-state index is -0.573. The van der Waals surface area contributed by atoms with Crippen molar-refractivity contribution < 1.29 is 23.9 Å². The Morgan fingerprint density at radius 2 is 1.60 bits per heavy atom. The summed E-state index contributed by atoms with van der Waals surface area (Å²) in [6, 6.07) is 15.9. The minimum absolute atomic E-state index is 0.0159. The van der Waals surface area contributed by atoms with Gasteiger partial charge in [0.1, 0.15) is 11.5 Å². The van der Waals surface area contributed by atoms with E-state index in [0.29, 0.717) is 12.3 Å². The highest BCUT2D eigenvalue weighted by molar-refractivity contribution is 5.84. The smallest absolute Gasteiger partial charge is 0.314 e. The molecular formula is C22H22N2O6. The molecule has 0 aliphatic heterocycles. The highest BCUT2D eigenvalue weighted by Gasteiger charge is 2.19. The fourth-order valence-corrected chi connectivity index (χ4v) is 3.00. The number of amides is 1. The van der Waals surface area contributed by atoms with Gasteiger partial charge in [0.25, 0.3) is 5.91 Å². The van der Waals surface area contributed by atoms with Gasteiger partial charge in [-0.15, -0.1) is 0 Å². The number of fused-ring (bicyclic) bond motifs is 1. The molecule has 0 aliphatic carbocycles. The van der Waals surface area contributed by atoms with Crippen LogP contribution in [0.5, 0.6) is 17.2 Å². The van der Waals surface area contributed by atoms with Gasteiger partial charge >= 0.3 is 5.69 Å². The minimum Gasteiger partial charge on any atom is -0.497 e. The molecule has 0 bridgehead atoms. The molecule has 3 aromatic rings. The zero-order valence-electron chi connectivity index (χ0n) is 17.0. The number of nitro benzene ring substituents is 1.